The van der Waals surface area contributed by atoms with Gasteiger partial charge in [-0.05, 0) is 30.2 Å². The molecule has 1 N–H and O–H groups in total. The van der Waals surface area contributed by atoms with Crippen molar-refractivity contribution >= 4 is 5.97 Å². The van der Waals surface area contributed by atoms with Crippen molar-refractivity contribution in [3.63, 3.8) is 0 Å². The maximum absolute atomic E-state index is 12.8. The van der Waals surface area contributed by atoms with Gasteiger partial charge in [-0.15, -0.1) is 0 Å². The number of carbonyl (C=O) groups is 1. The van der Waals surface area contributed by atoms with E-state index in [0.29, 0.717) is 16.9 Å². The second kappa shape index (κ2) is 8.52. The van der Waals surface area contributed by atoms with Crippen molar-refractivity contribution in [3.05, 3.63) is 102 Å². The van der Waals surface area contributed by atoms with Crippen LogP contribution in [0.1, 0.15) is 16.7 Å². The average molecular weight is 362 g/mol. The SMILES string of the molecule is Cc1ccc(OCCOC(=O)C(O)(c2ccccc2)c2ccccc2)cc1. The molecule has 0 unspecified atom stereocenters. The first-order valence-corrected chi connectivity index (χ1v) is 8.81. The summed E-state index contributed by atoms with van der Waals surface area (Å²) in [4.78, 5) is 12.8. The second-order valence-corrected chi connectivity index (χ2v) is 6.24. The molecule has 0 spiro atoms. The van der Waals surface area contributed by atoms with Gasteiger partial charge in [0.2, 0.25) is 5.60 Å². The van der Waals surface area contributed by atoms with Crippen molar-refractivity contribution in [1.29, 1.82) is 0 Å². The predicted molar refractivity (Wildman–Crippen MR) is 104 cm³/mol. The molecular formula is C23H22O4. The number of hydrogen-bond donors (Lipinski definition) is 1. The topological polar surface area (TPSA) is 55.8 Å². The summed E-state index contributed by atoms with van der Waals surface area (Å²) in [6.45, 7) is 2.24. The van der Waals surface area contributed by atoms with Crippen LogP contribution in [-0.4, -0.2) is 24.3 Å². The number of esters is 1. The Morgan fingerprint density at radius 2 is 1.33 bits per heavy atom. The van der Waals surface area contributed by atoms with Gasteiger partial charge in [0, 0.05) is 0 Å². The zero-order chi connectivity index (χ0) is 19.1. The molecule has 0 aliphatic heterocycles. The maximum Gasteiger partial charge on any atom is 0.347 e. The number of carbonyl (C=O) groups excluding carboxylic acids is 1. The molecule has 27 heavy (non-hydrogen) atoms. The minimum absolute atomic E-state index is 0.0364. The highest BCUT2D eigenvalue weighted by molar-refractivity contribution is 5.85. The molecule has 0 aromatic heterocycles. The maximum atomic E-state index is 12.8. The Balaban J connectivity index is 1.69. The third-order valence-corrected chi connectivity index (χ3v) is 4.28. The number of aryl methyl sites for hydroxylation is 1. The van der Waals surface area contributed by atoms with Crippen LogP contribution in [0.4, 0.5) is 0 Å². The van der Waals surface area contributed by atoms with Gasteiger partial charge in [0.25, 0.3) is 0 Å². The monoisotopic (exact) mass is 362 g/mol. The summed E-state index contributed by atoms with van der Waals surface area (Å²) in [5.74, 6) is -0.0227. The molecule has 4 nitrogen and oxygen atoms in total. The molecular weight excluding hydrogens is 340 g/mol. The first-order chi connectivity index (χ1) is 13.1. The van der Waals surface area contributed by atoms with E-state index >= 15 is 0 Å². The quantitative estimate of drug-likeness (QED) is 0.512. The molecule has 3 rings (SSSR count). The lowest BCUT2D eigenvalue weighted by Crippen LogP contribution is -2.39. The van der Waals surface area contributed by atoms with E-state index in [0.717, 1.165) is 5.56 Å². The lowest BCUT2D eigenvalue weighted by molar-refractivity contribution is -0.162. The second-order valence-electron chi connectivity index (χ2n) is 6.24. The Morgan fingerprint density at radius 1 is 0.815 bits per heavy atom. The smallest absolute Gasteiger partial charge is 0.347 e. The molecule has 4 heteroatoms. The molecule has 0 aliphatic rings. The summed E-state index contributed by atoms with van der Waals surface area (Å²) >= 11 is 0. The Labute approximate surface area is 159 Å². The van der Waals surface area contributed by atoms with E-state index in [4.69, 9.17) is 9.47 Å². The predicted octanol–water partition coefficient (Wildman–Crippen LogP) is 3.85. The van der Waals surface area contributed by atoms with Crippen LogP contribution >= 0.6 is 0 Å². The fraction of sp³-hybridized carbons (Fsp3) is 0.174. The summed E-state index contributed by atoms with van der Waals surface area (Å²) in [6, 6.07) is 25.2. The summed E-state index contributed by atoms with van der Waals surface area (Å²) < 4.78 is 10.9. The minimum Gasteiger partial charge on any atom is -0.490 e. The van der Waals surface area contributed by atoms with Crippen LogP contribution in [0.15, 0.2) is 84.9 Å². The van der Waals surface area contributed by atoms with Crippen molar-refractivity contribution in [2.75, 3.05) is 13.2 Å². The van der Waals surface area contributed by atoms with Gasteiger partial charge < -0.3 is 14.6 Å². The standard InChI is InChI=1S/C23H22O4/c1-18-12-14-21(15-13-18)26-16-17-27-22(24)23(25,19-8-4-2-5-9-19)20-10-6-3-7-11-20/h2-15,25H,16-17H2,1H3. The van der Waals surface area contributed by atoms with Crippen molar-refractivity contribution in [1.82, 2.24) is 0 Å². The number of ether oxygens (including phenoxy) is 2. The van der Waals surface area contributed by atoms with Gasteiger partial charge in [-0.3, -0.25) is 0 Å². The summed E-state index contributed by atoms with van der Waals surface area (Å²) in [7, 11) is 0. The lowest BCUT2D eigenvalue weighted by Gasteiger charge is -2.27. The molecule has 3 aromatic rings. The zero-order valence-electron chi connectivity index (χ0n) is 15.2. The van der Waals surface area contributed by atoms with Crippen LogP contribution in [0.25, 0.3) is 0 Å². The average Bonchev–Trinajstić information content (AvgIpc) is 2.73. The summed E-state index contributed by atoms with van der Waals surface area (Å²) in [6.07, 6.45) is 0. The van der Waals surface area contributed by atoms with E-state index in [1.54, 1.807) is 48.5 Å². The van der Waals surface area contributed by atoms with Crippen LogP contribution in [0, 0.1) is 6.92 Å². The summed E-state index contributed by atoms with van der Waals surface area (Å²) in [5, 5.41) is 11.3. The fourth-order valence-electron chi connectivity index (χ4n) is 2.79. The highest BCUT2D eigenvalue weighted by atomic mass is 16.6. The minimum atomic E-state index is -1.87. The normalized spacial score (nSPS) is 11.0. The number of rotatable bonds is 7. The molecule has 0 saturated heterocycles. The highest BCUT2D eigenvalue weighted by Crippen LogP contribution is 2.31. The van der Waals surface area contributed by atoms with E-state index in [2.05, 4.69) is 0 Å². The fourth-order valence-corrected chi connectivity index (χ4v) is 2.79. The molecule has 0 aliphatic carbocycles. The van der Waals surface area contributed by atoms with E-state index in [1.165, 1.54) is 0 Å². The molecule has 0 heterocycles. The van der Waals surface area contributed by atoms with Gasteiger partial charge in [0.15, 0.2) is 0 Å². The van der Waals surface area contributed by atoms with E-state index < -0.39 is 11.6 Å². The van der Waals surface area contributed by atoms with Crippen molar-refractivity contribution in [3.8, 4) is 5.75 Å². The van der Waals surface area contributed by atoms with Crippen molar-refractivity contribution in [2.24, 2.45) is 0 Å². The number of hydrogen-bond acceptors (Lipinski definition) is 4. The molecule has 138 valence electrons. The third-order valence-electron chi connectivity index (χ3n) is 4.28. The molecule has 3 aromatic carbocycles. The van der Waals surface area contributed by atoms with Gasteiger partial charge in [-0.1, -0.05) is 78.4 Å². The van der Waals surface area contributed by atoms with Crippen LogP contribution in [0.5, 0.6) is 5.75 Å². The first kappa shape index (κ1) is 18.7. The Bertz CT molecular complexity index is 818. The van der Waals surface area contributed by atoms with E-state index in [1.807, 2.05) is 43.3 Å². The number of benzene rings is 3. The molecule has 0 amide bonds. The molecule has 0 fully saturated rings. The van der Waals surface area contributed by atoms with Crippen LogP contribution in [0.2, 0.25) is 0 Å². The highest BCUT2D eigenvalue weighted by Gasteiger charge is 2.41. The van der Waals surface area contributed by atoms with Gasteiger partial charge in [-0.2, -0.15) is 0 Å². The molecule has 0 radical (unpaired) electrons. The Morgan fingerprint density at radius 3 is 1.85 bits per heavy atom. The van der Waals surface area contributed by atoms with E-state index in [-0.39, 0.29) is 13.2 Å². The largest absolute Gasteiger partial charge is 0.490 e. The van der Waals surface area contributed by atoms with Gasteiger partial charge in [0.1, 0.15) is 19.0 Å². The van der Waals surface area contributed by atoms with Crippen LogP contribution < -0.4 is 4.74 Å². The van der Waals surface area contributed by atoms with Crippen molar-refractivity contribution < 1.29 is 19.4 Å². The summed E-state index contributed by atoms with van der Waals surface area (Å²) in [5.41, 5.74) is 0.192. The third kappa shape index (κ3) is 4.36. The molecule has 0 bridgehead atoms. The molecule has 0 atom stereocenters. The van der Waals surface area contributed by atoms with Crippen molar-refractivity contribution in [2.45, 2.75) is 12.5 Å². The van der Waals surface area contributed by atoms with Gasteiger partial charge >= 0.3 is 5.97 Å². The van der Waals surface area contributed by atoms with Gasteiger partial charge in [0.05, 0.1) is 0 Å². The Hall–Kier alpha value is -3.11. The van der Waals surface area contributed by atoms with Crippen LogP contribution in [0.3, 0.4) is 0 Å². The van der Waals surface area contributed by atoms with Crippen LogP contribution in [-0.2, 0) is 15.1 Å². The first-order valence-electron chi connectivity index (χ1n) is 8.81. The zero-order valence-corrected chi connectivity index (χ0v) is 15.2. The number of aliphatic hydroxyl groups is 1. The molecule has 0 saturated carbocycles. The lowest BCUT2D eigenvalue weighted by atomic mass is 9.86. The Kier molecular flexibility index (Phi) is 5.89. The van der Waals surface area contributed by atoms with E-state index in [9.17, 15) is 9.90 Å². The van der Waals surface area contributed by atoms with Gasteiger partial charge in [-0.25, -0.2) is 4.79 Å².